The molecule has 0 rings (SSSR count). The second-order valence-electron chi connectivity index (χ2n) is 6.25. The van der Waals surface area contributed by atoms with E-state index in [1.54, 1.807) is 0 Å². The van der Waals surface area contributed by atoms with Crippen LogP contribution in [0.5, 0.6) is 0 Å². The molecule has 128 valence electrons. The highest BCUT2D eigenvalue weighted by Gasteiger charge is 1.94. The number of hydrogen-bond donors (Lipinski definition) is 0. The summed E-state index contributed by atoms with van der Waals surface area (Å²) in [6.45, 7) is 4.05. The van der Waals surface area contributed by atoms with Gasteiger partial charge in [-0.25, -0.2) is 0 Å². The molecule has 0 saturated heterocycles. The van der Waals surface area contributed by atoms with E-state index in [0.717, 1.165) is 25.5 Å². The van der Waals surface area contributed by atoms with Crippen LogP contribution >= 0.6 is 11.6 Å². The third kappa shape index (κ3) is 20.2. The van der Waals surface area contributed by atoms with Gasteiger partial charge in [0.25, 0.3) is 0 Å². The first kappa shape index (κ1) is 21.2. The highest BCUT2D eigenvalue weighted by molar-refractivity contribution is 6.17. The van der Waals surface area contributed by atoms with Crippen molar-refractivity contribution in [3.63, 3.8) is 0 Å². The van der Waals surface area contributed by atoms with Crippen LogP contribution in [0.1, 0.15) is 103 Å². The van der Waals surface area contributed by atoms with Gasteiger partial charge >= 0.3 is 0 Å². The molecule has 0 aromatic carbocycles. The van der Waals surface area contributed by atoms with Crippen LogP contribution in [0.15, 0.2) is 0 Å². The topological polar surface area (TPSA) is 9.23 Å². The van der Waals surface area contributed by atoms with Gasteiger partial charge in [0.15, 0.2) is 0 Å². The summed E-state index contributed by atoms with van der Waals surface area (Å²) in [5.41, 5.74) is 0. The van der Waals surface area contributed by atoms with Crippen LogP contribution in [0.25, 0.3) is 0 Å². The Morgan fingerprint density at radius 1 is 0.524 bits per heavy atom. The molecule has 0 aromatic heterocycles. The van der Waals surface area contributed by atoms with Crippen LogP contribution < -0.4 is 0 Å². The van der Waals surface area contributed by atoms with E-state index in [4.69, 9.17) is 16.3 Å². The van der Waals surface area contributed by atoms with Gasteiger partial charge in [-0.15, -0.1) is 11.6 Å². The van der Waals surface area contributed by atoms with Crippen LogP contribution in [0.4, 0.5) is 0 Å². The smallest absolute Gasteiger partial charge is 0.0477 e. The van der Waals surface area contributed by atoms with Crippen molar-refractivity contribution in [1.29, 1.82) is 0 Å². The van der Waals surface area contributed by atoms with Gasteiger partial charge in [-0.1, -0.05) is 90.4 Å². The van der Waals surface area contributed by atoms with Gasteiger partial charge in [-0.2, -0.15) is 0 Å². The summed E-state index contributed by atoms with van der Waals surface area (Å²) in [5.74, 6) is 0.721. The zero-order valence-corrected chi connectivity index (χ0v) is 15.3. The van der Waals surface area contributed by atoms with Crippen LogP contribution in [-0.2, 0) is 4.74 Å². The van der Waals surface area contributed by atoms with Crippen LogP contribution in [0.3, 0.4) is 0 Å². The molecule has 0 N–H and O–H groups in total. The number of unbranched alkanes of at least 4 members (excludes halogenated alkanes) is 13. The van der Waals surface area contributed by atoms with E-state index in [0.29, 0.717) is 0 Å². The second-order valence-corrected chi connectivity index (χ2v) is 6.63. The summed E-state index contributed by atoms with van der Waals surface area (Å²) in [6.07, 6.45) is 20.8. The molecule has 0 radical (unpaired) electrons. The normalized spacial score (nSPS) is 11.1. The van der Waals surface area contributed by atoms with Gasteiger partial charge in [0.2, 0.25) is 0 Å². The lowest BCUT2D eigenvalue weighted by Crippen LogP contribution is -1.97. The number of halogens is 1. The van der Waals surface area contributed by atoms with E-state index in [2.05, 4.69) is 6.92 Å². The van der Waals surface area contributed by atoms with Crippen molar-refractivity contribution in [1.82, 2.24) is 0 Å². The SMILES string of the molecule is CCCCCCCCCCCCCCCCOCCCCl. The molecular formula is C19H39ClO. The Hall–Kier alpha value is 0.250. The number of rotatable bonds is 18. The van der Waals surface area contributed by atoms with Crippen molar-refractivity contribution < 1.29 is 4.74 Å². The van der Waals surface area contributed by atoms with Crippen molar-refractivity contribution in [3.05, 3.63) is 0 Å². The molecule has 0 heterocycles. The first-order chi connectivity index (χ1) is 10.4. The number of ether oxygens (including phenoxy) is 1. The molecule has 0 aliphatic heterocycles. The maximum absolute atomic E-state index is 5.59. The van der Waals surface area contributed by atoms with Crippen LogP contribution in [-0.4, -0.2) is 19.1 Å². The summed E-state index contributed by atoms with van der Waals surface area (Å²) in [4.78, 5) is 0. The molecule has 0 aromatic rings. The van der Waals surface area contributed by atoms with E-state index in [1.165, 1.54) is 89.9 Å². The minimum absolute atomic E-state index is 0.721. The molecule has 0 atom stereocenters. The maximum atomic E-state index is 5.59. The fourth-order valence-electron chi connectivity index (χ4n) is 2.66. The zero-order chi connectivity index (χ0) is 15.4. The fraction of sp³-hybridized carbons (Fsp3) is 1.00. The molecular weight excluding hydrogens is 280 g/mol. The standard InChI is InChI=1S/C19H39ClO/c1-2-3-4-5-6-7-8-9-10-11-12-13-14-15-18-21-19-16-17-20/h2-19H2,1H3. The van der Waals surface area contributed by atoms with E-state index in [-0.39, 0.29) is 0 Å². The van der Waals surface area contributed by atoms with E-state index in [9.17, 15) is 0 Å². The molecule has 2 heteroatoms. The van der Waals surface area contributed by atoms with Crippen molar-refractivity contribution in [2.24, 2.45) is 0 Å². The molecule has 0 bridgehead atoms. The summed E-state index contributed by atoms with van der Waals surface area (Å²) >= 11 is 5.59. The highest BCUT2D eigenvalue weighted by Crippen LogP contribution is 2.12. The second kappa shape index (κ2) is 20.2. The summed E-state index contributed by atoms with van der Waals surface area (Å²) < 4.78 is 5.50. The molecule has 1 nitrogen and oxygen atoms in total. The predicted octanol–water partition coefficient (Wildman–Crippen LogP) is 7.11. The first-order valence-electron chi connectivity index (χ1n) is 9.55. The van der Waals surface area contributed by atoms with E-state index >= 15 is 0 Å². The minimum atomic E-state index is 0.721. The average Bonchev–Trinajstić information content (AvgIpc) is 2.50. The monoisotopic (exact) mass is 318 g/mol. The lowest BCUT2D eigenvalue weighted by atomic mass is 10.0. The van der Waals surface area contributed by atoms with Gasteiger partial charge in [-0.05, 0) is 12.8 Å². The van der Waals surface area contributed by atoms with Gasteiger partial charge in [0.05, 0.1) is 0 Å². The number of alkyl halides is 1. The predicted molar refractivity (Wildman–Crippen MR) is 96.5 cm³/mol. The minimum Gasteiger partial charge on any atom is -0.381 e. The van der Waals surface area contributed by atoms with Gasteiger partial charge in [0, 0.05) is 19.1 Å². The van der Waals surface area contributed by atoms with Crippen LogP contribution in [0.2, 0.25) is 0 Å². The lowest BCUT2D eigenvalue weighted by molar-refractivity contribution is 0.131. The Kier molecular flexibility index (Phi) is 20.5. The van der Waals surface area contributed by atoms with Crippen molar-refractivity contribution >= 4 is 11.6 Å². The molecule has 0 aliphatic carbocycles. The van der Waals surface area contributed by atoms with Gasteiger partial charge in [-0.3, -0.25) is 0 Å². The number of hydrogen-bond acceptors (Lipinski definition) is 1. The third-order valence-corrected chi connectivity index (χ3v) is 4.33. The average molecular weight is 319 g/mol. The highest BCUT2D eigenvalue weighted by atomic mass is 35.5. The largest absolute Gasteiger partial charge is 0.381 e. The van der Waals surface area contributed by atoms with Crippen molar-refractivity contribution in [2.45, 2.75) is 103 Å². The van der Waals surface area contributed by atoms with E-state index in [1.807, 2.05) is 0 Å². The molecule has 0 aliphatic rings. The van der Waals surface area contributed by atoms with Gasteiger partial charge in [0.1, 0.15) is 0 Å². The molecule has 21 heavy (non-hydrogen) atoms. The third-order valence-electron chi connectivity index (χ3n) is 4.06. The van der Waals surface area contributed by atoms with Crippen molar-refractivity contribution in [3.8, 4) is 0 Å². The molecule has 0 amide bonds. The molecule has 0 fully saturated rings. The fourth-order valence-corrected chi connectivity index (χ4v) is 2.77. The Morgan fingerprint density at radius 2 is 0.905 bits per heavy atom. The van der Waals surface area contributed by atoms with Crippen LogP contribution in [0, 0.1) is 0 Å². The van der Waals surface area contributed by atoms with E-state index < -0.39 is 0 Å². The Bertz CT molecular complexity index is 155. The quantitative estimate of drug-likeness (QED) is 0.193. The first-order valence-corrected chi connectivity index (χ1v) is 10.1. The van der Waals surface area contributed by atoms with Gasteiger partial charge < -0.3 is 4.74 Å². The maximum Gasteiger partial charge on any atom is 0.0477 e. The summed E-state index contributed by atoms with van der Waals surface area (Å²) in [5, 5.41) is 0. The molecule has 0 unspecified atom stereocenters. The summed E-state index contributed by atoms with van der Waals surface area (Å²) in [6, 6.07) is 0. The summed E-state index contributed by atoms with van der Waals surface area (Å²) in [7, 11) is 0. The zero-order valence-electron chi connectivity index (χ0n) is 14.5. The lowest BCUT2D eigenvalue weighted by Gasteiger charge is -2.04. The molecule has 0 spiro atoms. The Morgan fingerprint density at radius 3 is 1.33 bits per heavy atom. The Balaban J connectivity index is 2.90. The van der Waals surface area contributed by atoms with Crippen molar-refractivity contribution in [2.75, 3.05) is 19.1 Å². The molecule has 0 saturated carbocycles. The Labute approximate surface area is 139 Å².